The number of H-pyrrole nitrogens is 2. The average molecular weight is 825 g/mol. The van der Waals surface area contributed by atoms with E-state index in [1.807, 2.05) is 54.1 Å². The molecule has 4 aromatic heterocycles. The SMILES string of the molecule is CC(=O)NCC(=O)N1CCCC1.CCC.COC(=O)NC(C(=O)N1CCCC1)c1ccccc1.c1ncc(-c2ccc(-c3cc4sc(-c5cnc[nH]5)cc4s3)cc2)[nH]1. The van der Waals surface area contributed by atoms with Crippen LogP contribution in [0.25, 0.3) is 41.7 Å². The van der Waals surface area contributed by atoms with Crippen molar-refractivity contribution in [2.24, 2.45) is 0 Å². The van der Waals surface area contributed by atoms with Crippen LogP contribution in [0.4, 0.5) is 4.79 Å². The molecule has 2 saturated heterocycles. The van der Waals surface area contributed by atoms with Gasteiger partial charge in [-0.3, -0.25) is 14.4 Å². The standard InChI is InChI=1S/C18H12N4S2.C14H18N2O3.C8H14N2O2.C3H8/c1-3-12(4-2-11(1)13-7-19-9-21-13)15-5-17-18(23-15)6-16(24-17)14-8-20-10-22-14;1-19-14(18)15-12(11-7-3-2-4-8-11)13(17)16-9-5-6-10-16;1-7(11)9-6-8(12)10-4-2-3-5-10;1-3-2/h1-10H,(H,19,21)(H,20,22);2-4,7-8,12H,5-6,9-10H2,1H3,(H,15,18);2-6H2,1H3,(H,9,11);3H2,1-2H3. The maximum atomic E-state index is 12.5. The van der Waals surface area contributed by atoms with E-state index in [0.29, 0.717) is 0 Å². The summed E-state index contributed by atoms with van der Waals surface area (Å²) in [6, 6.07) is 21.7. The van der Waals surface area contributed by atoms with Crippen molar-refractivity contribution in [3.63, 3.8) is 0 Å². The van der Waals surface area contributed by atoms with Gasteiger partial charge in [0.25, 0.3) is 0 Å². The van der Waals surface area contributed by atoms with Gasteiger partial charge in [0, 0.05) is 47.4 Å². The molecule has 0 spiro atoms. The lowest BCUT2D eigenvalue weighted by atomic mass is 10.1. The molecule has 8 rings (SSSR count). The molecule has 58 heavy (non-hydrogen) atoms. The molecular weight excluding hydrogens is 773 g/mol. The molecule has 0 radical (unpaired) electrons. The molecule has 0 saturated carbocycles. The number of carbonyl (C=O) groups is 4. The maximum absolute atomic E-state index is 12.5. The lowest BCUT2D eigenvalue weighted by Crippen LogP contribution is -2.41. The third kappa shape index (κ3) is 12.3. The molecule has 1 atom stereocenters. The van der Waals surface area contributed by atoms with E-state index in [1.54, 1.807) is 33.8 Å². The quantitative estimate of drug-likeness (QED) is 0.120. The van der Waals surface area contributed by atoms with Gasteiger partial charge in [0.2, 0.25) is 17.7 Å². The number of thiophene rings is 2. The molecule has 4 amide bonds. The Balaban J connectivity index is 0.000000169. The van der Waals surface area contributed by atoms with Gasteiger partial charge in [0.1, 0.15) is 6.04 Å². The van der Waals surface area contributed by atoms with Crippen molar-refractivity contribution < 1.29 is 23.9 Å². The van der Waals surface area contributed by atoms with Crippen LogP contribution in [0.1, 0.15) is 64.5 Å². The normalized spacial score (nSPS) is 13.6. The van der Waals surface area contributed by atoms with E-state index >= 15 is 0 Å². The summed E-state index contributed by atoms with van der Waals surface area (Å²) >= 11 is 3.63. The van der Waals surface area contributed by atoms with E-state index in [4.69, 9.17) is 0 Å². The molecule has 306 valence electrons. The van der Waals surface area contributed by atoms with Crippen molar-refractivity contribution in [2.75, 3.05) is 39.8 Å². The Labute approximate surface area is 347 Å². The predicted molar refractivity (Wildman–Crippen MR) is 231 cm³/mol. The molecule has 15 heteroatoms. The van der Waals surface area contributed by atoms with Crippen LogP contribution in [0, 0.1) is 0 Å². The number of methoxy groups -OCH3 is 1. The molecular formula is C43H52N8O5S2. The lowest BCUT2D eigenvalue weighted by Gasteiger charge is -2.23. The number of hydrogen-bond donors (Lipinski definition) is 4. The summed E-state index contributed by atoms with van der Waals surface area (Å²) in [5, 5.41) is 5.10. The van der Waals surface area contributed by atoms with Crippen LogP contribution in [0.5, 0.6) is 0 Å². The van der Waals surface area contributed by atoms with Crippen LogP contribution < -0.4 is 10.6 Å². The van der Waals surface area contributed by atoms with Crippen LogP contribution in [0.15, 0.2) is 91.8 Å². The fourth-order valence-electron chi connectivity index (χ4n) is 6.24. The van der Waals surface area contributed by atoms with Gasteiger partial charge in [-0.05, 0) is 54.5 Å². The number of amides is 4. The third-order valence-corrected chi connectivity index (χ3v) is 11.5. The Morgan fingerprint density at radius 1 is 0.759 bits per heavy atom. The minimum absolute atomic E-state index is 0.0303. The Bertz CT molecular complexity index is 2120. The van der Waals surface area contributed by atoms with E-state index in [9.17, 15) is 19.2 Å². The first-order chi connectivity index (χ1) is 28.2. The number of nitrogens with one attached hydrogen (secondary N) is 4. The minimum atomic E-state index is -0.674. The van der Waals surface area contributed by atoms with Crippen LogP contribution in [-0.2, 0) is 19.1 Å². The van der Waals surface area contributed by atoms with Crippen molar-refractivity contribution >= 4 is 55.9 Å². The van der Waals surface area contributed by atoms with Crippen LogP contribution in [0.2, 0.25) is 0 Å². The molecule has 13 nitrogen and oxygen atoms in total. The molecule has 2 aromatic carbocycles. The summed E-state index contributed by atoms with van der Waals surface area (Å²) in [4.78, 5) is 66.2. The molecule has 6 heterocycles. The van der Waals surface area contributed by atoms with Crippen molar-refractivity contribution in [2.45, 2.75) is 58.9 Å². The van der Waals surface area contributed by atoms with Gasteiger partial charge < -0.3 is 35.1 Å². The number of carbonyl (C=O) groups excluding carboxylic acids is 4. The number of hydrogen-bond acceptors (Lipinski definition) is 9. The molecule has 0 bridgehead atoms. The molecule has 0 aliphatic carbocycles. The summed E-state index contributed by atoms with van der Waals surface area (Å²) in [6.45, 7) is 9.01. The first-order valence-electron chi connectivity index (χ1n) is 19.5. The van der Waals surface area contributed by atoms with Crippen LogP contribution in [0.3, 0.4) is 0 Å². The number of fused-ring (bicyclic) bond motifs is 1. The Hall–Kier alpha value is -5.80. The van der Waals surface area contributed by atoms with Crippen molar-refractivity contribution in [3.8, 4) is 32.3 Å². The van der Waals surface area contributed by atoms with E-state index < -0.39 is 12.1 Å². The number of rotatable bonds is 8. The zero-order valence-corrected chi connectivity index (χ0v) is 35.1. The van der Waals surface area contributed by atoms with Gasteiger partial charge in [-0.1, -0.05) is 74.9 Å². The van der Waals surface area contributed by atoms with Gasteiger partial charge in [-0.2, -0.15) is 0 Å². The van der Waals surface area contributed by atoms with Crippen LogP contribution >= 0.6 is 22.7 Å². The topological polar surface area (TPSA) is 165 Å². The minimum Gasteiger partial charge on any atom is -0.453 e. The summed E-state index contributed by atoms with van der Waals surface area (Å²) in [7, 11) is 1.29. The molecule has 2 aliphatic heterocycles. The highest BCUT2D eigenvalue weighted by Gasteiger charge is 2.29. The van der Waals surface area contributed by atoms with Gasteiger partial charge >= 0.3 is 6.09 Å². The van der Waals surface area contributed by atoms with E-state index in [1.165, 1.54) is 45.2 Å². The number of alkyl carbamates (subject to hydrolysis) is 1. The molecule has 4 N–H and O–H groups in total. The van der Waals surface area contributed by atoms with Gasteiger partial charge in [-0.25, -0.2) is 14.8 Å². The third-order valence-electron chi connectivity index (χ3n) is 9.14. The summed E-state index contributed by atoms with van der Waals surface area (Å²) in [5.74, 6) is -0.195. The summed E-state index contributed by atoms with van der Waals surface area (Å²) in [6.07, 6.45) is 12.0. The van der Waals surface area contributed by atoms with Crippen molar-refractivity contribution in [3.05, 3.63) is 97.3 Å². The summed E-state index contributed by atoms with van der Waals surface area (Å²) in [5.41, 5.74) is 5.28. The molecule has 1 unspecified atom stereocenters. The van der Waals surface area contributed by atoms with Crippen molar-refractivity contribution in [1.82, 2.24) is 40.4 Å². The number of nitrogens with zero attached hydrogens (tertiary/aromatic N) is 4. The predicted octanol–water partition coefficient (Wildman–Crippen LogP) is 8.28. The Morgan fingerprint density at radius 2 is 1.29 bits per heavy atom. The highest BCUT2D eigenvalue weighted by molar-refractivity contribution is 7.31. The zero-order valence-electron chi connectivity index (χ0n) is 33.5. The molecule has 2 aliphatic rings. The summed E-state index contributed by atoms with van der Waals surface area (Å²) < 4.78 is 7.23. The van der Waals surface area contributed by atoms with E-state index in [2.05, 4.69) is 85.6 Å². The van der Waals surface area contributed by atoms with Crippen LogP contribution in [-0.4, -0.2) is 93.4 Å². The smallest absolute Gasteiger partial charge is 0.407 e. The van der Waals surface area contributed by atoms with Gasteiger partial charge in [0.15, 0.2) is 0 Å². The highest BCUT2D eigenvalue weighted by atomic mass is 32.1. The second-order valence-electron chi connectivity index (χ2n) is 13.7. The second-order valence-corrected chi connectivity index (χ2v) is 15.8. The van der Waals surface area contributed by atoms with E-state index in [-0.39, 0.29) is 24.3 Å². The number of imidazole rings is 2. The van der Waals surface area contributed by atoms with Gasteiger partial charge in [0.05, 0.1) is 55.0 Å². The van der Waals surface area contributed by atoms with Gasteiger partial charge in [-0.15, -0.1) is 22.7 Å². The number of ether oxygens (including phenoxy) is 1. The number of aromatic nitrogens is 4. The number of likely N-dealkylation sites (tertiary alicyclic amines) is 2. The zero-order chi connectivity index (χ0) is 41.3. The molecule has 2 fully saturated rings. The number of benzene rings is 2. The lowest BCUT2D eigenvalue weighted by molar-refractivity contribution is -0.132. The maximum Gasteiger partial charge on any atom is 0.407 e. The average Bonchev–Trinajstić information content (AvgIpc) is 4.09. The first kappa shape index (κ1) is 43.3. The highest BCUT2D eigenvalue weighted by Crippen LogP contribution is 2.41. The largest absolute Gasteiger partial charge is 0.453 e. The second kappa shape index (κ2) is 22.2. The Morgan fingerprint density at radius 3 is 1.84 bits per heavy atom. The number of aromatic amines is 2. The Kier molecular flexibility index (Phi) is 16.6. The fraction of sp³-hybridized carbons (Fsp3) is 0.349. The fourth-order valence-corrected chi connectivity index (χ4v) is 8.61. The van der Waals surface area contributed by atoms with E-state index in [0.717, 1.165) is 74.4 Å². The monoisotopic (exact) mass is 824 g/mol. The molecule has 6 aromatic rings. The van der Waals surface area contributed by atoms with Crippen molar-refractivity contribution in [1.29, 1.82) is 0 Å². The first-order valence-corrected chi connectivity index (χ1v) is 21.2.